The van der Waals surface area contributed by atoms with Crippen LogP contribution in [0.15, 0.2) is 12.7 Å². The fourth-order valence-corrected chi connectivity index (χ4v) is 2.29. The number of likely N-dealkylation sites (tertiary alicyclic amines) is 1. The molecule has 6 nitrogen and oxygen atoms in total. The Morgan fingerprint density at radius 1 is 1.50 bits per heavy atom. The van der Waals surface area contributed by atoms with Crippen LogP contribution in [0.25, 0.3) is 0 Å². The molecule has 100 valence electrons. The third-order valence-electron chi connectivity index (χ3n) is 3.37. The van der Waals surface area contributed by atoms with E-state index < -0.39 is 0 Å². The van der Waals surface area contributed by atoms with Gasteiger partial charge in [-0.05, 0) is 32.6 Å². The summed E-state index contributed by atoms with van der Waals surface area (Å²) in [6, 6.07) is 0.440. The average molecular weight is 251 g/mol. The molecular weight excluding hydrogens is 230 g/mol. The molecule has 6 heteroatoms. The summed E-state index contributed by atoms with van der Waals surface area (Å²) in [7, 11) is 0. The van der Waals surface area contributed by atoms with Crippen molar-refractivity contribution in [3.63, 3.8) is 0 Å². The molecule has 0 unspecified atom stereocenters. The van der Waals surface area contributed by atoms with E-state index in [1.165, 1.54) is 12.7 Å². The standard InChI is InChI=1S/C12H21N5O/c1-11-5-2-3-8-17(11)12(18)14-6-4-7-16-10-13-9-15-16/h9-11H,2-8H2,1H3,(H,14,18)/t11-/m0/s1. The van der Waals surface area contributed by atoms with E-state index in [1.807, 2.05) is 4.90 Å². The first kappa shape index (κ1) is 12.9. The van der Waals surface area contributed by atoms with Crippen molar-refractivity contribution in [2.24, 2.45) is 0 Å². The number of nitrogens with one attached hydrogen (secondary N) is 1. The first-order valence-electron chi connectivity index (χ1n) is 6.64. The lowest BCUT2D eigenvalue weighted by atomic mass is 10.0. The topological polar surface area (TPSA) is 63.1 Å². The highest BCUT2D eigenvalue weighted by Crippen LogP contribution is 2.15. The fraction of sp³-hybridized carbons (Fsp3) is 0.750. The van der Waals surface area contributed by atoms with E-state index in [0.29, 0.717) is 12.6 Å². The van der Waals surface area contributed by atoms with Crippen LogP contribution in [0.1, 0.15) is 32.6 Å². The lowest BCUT2D eigenvalue weighted by Gasteiger charge is -2.33. The van der Waals surface area contributed by atoms with Crippen molar-refractivity contribution < 1.29 is 4.79 Å². The number of aryl methyl sites for hydroxylation is 1. The molecule has 0 radical (unpaired) electrons. The van der Waals surface area contributed by atoms with Crippen molar-refractivity contribution in [3.05, 3.63) is 12.7 Å². The Hall–Kier alpha value is -1.59. The second-order valence-electron chi connectivity index (χ2n) is 4.78. The van der Waals surface area contributed by atoms with Crippen LogP contribution in [-0.4, -0.2) is 44.8 Å². The van der Waals surface area contributed by atoms with Crippen LogP contribution in [-0.2, 0) is 6.54 Å². The van der Waals surface area contributed by atoms with Gasteiger partial charge in [0, 0.05) is 25.7 Å². The van der Waals surface area contributed by atoms with Gasteiger partial charge in [-0.25, -0.2) is 9.78 Å². The highest BCUT2D eigenvalue weighted by Gasteiger charge is 2.22. The van der Waals surface area contributed by atoms with Crippen molar-refractivity contribution in [3.8, 4) is 0 Å². The van der Waals surface area contributed by atoms with Crippen LogP contribution >= 0.6 is 0 Å². The van der Waals surface area contributed by atoms with Crippen LogP contribution < -0.4 is 5.32 Å². The van der Waals surface area contributed by atoms with E-state index in [2.05, 4.69) is 22.3 Å². The SMILES string of the molecule is C[C@H]1CCCCN1C(=O)NCCCn1cncn1. The van der Waals surface area contributed by atoms with E-state index in [1.54, 1.807) is 11.0 Å². The summed E-state index contributed by atoms with van der Waals surface area (Å²) in [6.07, 6.45) is 7.56. The summed E-state index contributed by atoms with van der Waals surface area (Å²) >= 11 is 0. The Kier molecular flexibility index (Phi) is 4.55. The number of rotatable bonds is 4. The van der Waals surface area contributed by atoms with Gasteiger partial charge in [0.15, 0.2) is 0 Å². The van der Waals surface area contributed by atoms with Gasteiger partial charge in [-0.15, -0.1) is 0 Å². The van der Waals surface area contributed by atoms with Crippen molar-refractivity contribution in [1.82, 2.24) is 25.0 Å². The summed E-state index contributed by atoms with van der Waals surface area (Å²) < 4.78 is 1.77. The van der Waals surface area contributed by atoms with Gasteiger partial charge in [-0.2, -0.15) is 5.10 Å². The van der Waals surface area contributed by atoms with Gasteiger partial charge in [-0.3, -0.25) is 4.68 Å². The Morgan fingerprint density at radius 3 is 3.11 bits per heavy atom. The Morgan fingerprint density at radius 2 is 2.39 bits per heavy atom. The number of piperidine rings is 1. The van der Waals surface area contributed by atoms with Crippen molar-refractivity contribution in [2.75, 3.05) is 13.1 Å². The van der Waals surface area contributed by atoms with Gasteiger partial charge in [0.05, 0.1) is 0 Å². The second-order valence-corrected chi connectivity index (χ2v) is 4.78. The Bertz CT molecular complexity index is 365. The lowest BCUT2D eigenvalue weighted by Crippen LogP contribution is -2.47. The number of aromatic nitrogens is 3. The zero-order valence-corrected chi connectivity index (χ0v) is 10.9. The summed E-state index contributed by atoms with van der Waals surface area (Å²) in [6.45, 7) is 4.47. The maximum atomic E-state index is 11.9. The van der Waals surface area contributed by atoms with Gasteiger partial charge >= 0.3 is 6.03 Å². The maximum Gasteiger partial charge on any atom is 0.317 e. The number of carbonyl (C=O) groups excluding carboxylic acids is 1. The average Bonchev–Trinajstić information content (AvgIpc) is 2.88. The third-order valence-corrected chi connectivity index (χ3v) is 3.37. The van der Waals surface area contributed by atoms with E-state index in [9.17, 15) is 4.79 Å². The molecule has 1 aliphatic heterocycles. The van der Waals surface area contributed by atoms with Crippen molar-refractivity contribution in [2.45, 2.75) is 45.2 Å². The van der Waals surface area contributed by atoms with Crippen LogP contribution in [0.3, 0.4) is 0 Å². The van der Waals surface area contributed by atoms with Crippen LogP contribution in [0.2, 0.25) is 0 Å². The van der Waals surface area contributed by atoms with E-state index in [0.717, 1.165) is 32.4 Å². The minimum Gasteiger partial charge on any atom is -0.338 e. The van der Waals surface area contributed by atoms with Crippen LogP contribution in [0.4, 0.5) is 4.79 Å². The largest absolute Gasteiger partial charge is 0.338 e. The molecule has 0 bridgehead atoms. The second kappa shape index (κ2) is 6.37. The molecule has 0 saturated carbocycles. The van der Waals surface area contributed by atoms with Crippen LogP contribution in [0, 0.1) is 0 Å². The Balaban J connectivity index is 1.65. The normalized spacial score (nSPS) is 19.8. The highest BCUT2D eigenvalue weighted by molar-refractivity contribution is 5.74. The molecule has 2 amide bonds. The first-order chi connectivity index (χ1) is 8.77. The van der Waals surface area contributed by atoms with Gasteiger partial charge in [0.2, 0.25) is 0 Å². The molecule has 1 aromatic rings. The van der Waals surface area contributed by atoms with Gasteiger partial charge in [0.1, 0.15) is 12.7 Å². The molecule has 1 saturated heterocycles. The molecule has 1 N–H and O–H groups in total. The minimum atomic E-state index is 0.0702. The number of hydrogen-bond donors (Lipinski definition) is 1. The van der Waals surface area contributed by atoms with Gasteiger partial charge in [-0.1, -0.05) is 0 Å². The zero-order chi connectivity index (χ0) is 12.8. The van der Waals surface area contributed by atoms with E-state index in [-0.39, 0.29) is 6.03 Å². The van der Waals surface area contributed by atoms with Crippen molar-refractivity contribution >= 4 is 6.03 Å². The van der Waals surface area contributed by atoms with Crippen molar-refractivity contribution in [1.29, 1.82) is 0 Å². The molecule has 2 rings (SSSR count). The first-order valence-corrected chi connectivity index (χ1v) is 6.64. The monoisotopic (exact) mass is 251 g/mol. The molecule has 18 heavy (non-hydrogen) atoms. The summed E-state index contributed by atoms with van der Waals surface area (Å²) in [5.74, 6) is 0. The fourth-order valence-electron chi connectivity index (χ4n) is 2.29. The lowest BCUT2D eigenvalue weighted by molar-refractivity contribution is 0.158. The number of carbonyl (C=O) groups is 1. The molecule has 0 aliphatic carbocycles. The van der Waals surface area contributed by atoms with E-state index in [4.69, 9.17) is 0 Å². The number of amides is 2. The van der Waals surface area contributed by atoms with Gasteiger partial charge < -0.3 is 10.2 Å². The Labute approximate surface area is 107 Å². The zero-order valence-electron chi connectivity index (χ0n) is 10.9. The number of nitrogens with zero attached hydrogens (tertiary/aromatic N) is 4. The molecular formula is C12H21N5O. The molecule has 1 fully saturated rings. The molecule has 0 spiro atoms. The molecule has 1 atom stereocenters. The van der Waals surface area contributed by atoms with E-state index >= 15 is 0 Å². The molecule has 1 aliphatic rings. The van der Waals surface area contributed by atoms with Gasteiger partial charge in [0.25, 0.3) is 0 Å². The molecule has 2 heterocycles. The predicted octanol–water partition coefficient (Wildman–Crippen LogP) is 1.25. The molecule has 0 aromatic carbocycles. The third kappa shape index (κ3) is 3.45. The quantitative estimate of drug-likeness (QED) is 0.819. The summed E-state index contributed by atoms with van der Waals surface area (Å²) in [5.41, 5.74) is 0. The highest BCUT2D eigenvalue weighted by atomic mass is 16.2. The minimum absolute atomic E-state index is 0.0702. The summed E-state index contributed by atoms with van der Waals surface area (Å²) in [4.78, 5) is 17.8. The summed E-state index contributed by atoms with van der Waals surface area (Å²) in [5, 5.41) is 6.99. The smallest absolute Gasteiger partial charge is 0.317 e. The molecule has 1 aromatic heterocycles. The van der Waals surface area contributed by atoms with Crippen LogP contribution in [0.5, 0.6) is 0 Å². The number of urea groups is 1. The number of hydrogen-bond acceptors (Lipinski definition) is 3. The predicted molar refractivity (Wildman–Crippen MR) is 68.1 cm³/mol. The maximum absolute atomic E-state index is 11.9.